The van der Waals surface area contributed by atoms with Gasteiger partial charge in [-0.15, -0.1) is 0 Å². The fourth-order valence-electron chi connectivity index (χ4n) is 4.19. The van der Waals surface area contributed by atoms with Crippen LogP contribution in [0.25, 0.3) is 0 Å². The van der Waals surface area contributed by atoms with Gasteiger partial charge in [0.1, 0.15) is 0 Å². The summed E-state index contributed by atoms with van der Waals surface area (Å²) in [6.45, 7) is 2.27. The normalized spacial score (nSPS) is 13.7. The Morgan fingerprint density at radius 2 is 0.867 bits per heavy atom. The topological polar surface area (TPSA) is 55.4 Å². The van der Waals surface area contributed by atoms with Gasteiger partial charge < -0.3 is 26.6 Å². The van der Waals surface area contributed by atoms with Crippen LogP contribution in [0.2, 0.25) is 11.6 Å². The van der Waals surface area contributed by atoms with Crippen LogP contribution in [0.3, 0.4) is 0 Å². The van der Waals surface area contributed by atoms with Crippen LogP contribution in [-0.2, 0) is 26.6 Å². The van der Waals surface area contributed by atoms with Crippen molar-refractivity contribution in [2.75, 3.05) is 42.7 Å². The maximum absolute atomic E-state index is 5.79. The van der Waals surface area contributed by atoms with Crippen LogP contribution in [0, 0.1) is 0 Å². The molecule has 30 heavy (non-hydrogen) atoms. The van der Waals surface area contributed by atoms with E-state index >= 15 is 0 Å². The lowest BCUT2D eigenvalue weighted by Crippen LogP contribution is -2.53. The zero-order valence-corrected chi connectivity index (χ0v) is 22.9. The zero-order valence-electron chi connectivity index (χ0n) is 20.9. The fraction of sp³-hybridized carbons (Fsp3) is 1.00. The van der Waals surface area contributed by atoms with Crippen molar-refractivity contribution in [2.24, 2.45) is 0 Å². The maximum atomic E-state index is 5.79. The summed E-state index contributed by atoms with van der Waals surface area (Å²) in [5, 5.41) is 0. The third-order valence-corrected chi connectivity index (χ3v) is 12.7. The Bertz CT molecular complexity index is 362. The van der Waals surface area contributed by atoms with Gasteiger partial charge in [0.05, 0.1) is 0 Å². The number of hydrogen-bond donors (Lipinski definition) is 0. The second kappa shape index (κ2) is 18.7. The first-order valence-electron chi connectivity index (χ1n) is 11.8. The number of unbranched alkanes of at least 4 members (excludes halogenated alkanes) is 11. The molecule has 0 heterocycles. The van der Waals surface area contributed by atoms with E-state index in [2.05, 4.69) is 6.92 Å². The maximum Gasteiger partial charge on any atom is 0.503 e. The summed E-state index contributed by atoms with van der Waals surface area (Å²) < 4.78 is 34.3. The van der Waals surface area contributed by atoms with Crippen molar-refractivity contribution in [1.29, 1.82) is 0 Å². The van der Waals surface area contributed by atoms with Crippen molar-refractivity contribution in [3.63, 3.8) is 0 Å². The van der Waals surface area contributed by atoms with Crippen LogP contribution in [0.4, 0.5) is 0 Å². The minimum atomic E-state index is -2.81. The molecule has 0 saturated carbocycles. The van der Waals surface area contributed by atoms with E-state index in [0.29, 0.717) is 6.04 Å². The quantitative estimate of drug-likeness (QED) is 0.140. The van der Waals surface area contributed by atoms with Gasteiger partial charge in [0.2, 0.25) is 0 Å². The lowest BCUT2D eigenvalue weighted by atomic mass is 10.0. The molecule has 0 bridgehead atoms. The van der Waals surface area contributed by atoms with Gasteiger partial charge in [-0.2, -0.15) is 0 Å². The molecular formula is C22H50O6Si2. The number of hydrogen-bond acceptors (Lipinski definition) is 6. The first-order chi connectivity index (χ1) is 14.5. The van der Waals surface area contributed by atoms with Crippen molar-refractivity contribution in [3.8, 4) is 0 Å². The molecule has 1 unspecified atom stereocenters. The lowest BCUT2D eigenvalue weighted by molar-refractivity contribution is 0.0957. The van der Waals surface area contributed by atoms with Crippen LogP contribution < -0.4 is 0 Å². The molecule has 0 aliphatic carbocycles. The molecule has 0 fully saturated rings. The molecule has 8 heteroatoms. The van der Waals surface area contributed by atoms with Gasteiger partial charge in [0.15, 0.2) is 0 Å². The molecule has 0 spiro atoms. The summed E-state index contributed by atoms with van der Waals surface area (Å²) in [6, 6.07) is 0.635. The average molecular weight is 467 g/mol. The molecular weight excluding hydrogens is 416 g/mol. The lowest BCUT2D eigenvalue weighted by Gasteiger charge is -2.36. The molecule has 6 nitrogen and oxygen atoms in total. The van der Waals surface area contributed by atoms with Crippen LogP contribution in [-0.4, -0.2) is 60.3 Å². The largest absolute Gasteiger partial charge is 0.503 e. The summed E-state index contributed by atoms with van der Waals surface area (Å²) in [7, 11) is 4.40. The molecule has 0 aliphatic heterocycles. The predicted molar refractivity (Wildman–Crippen MR) is 128 cm³/mol. The van der Waals surface area contributed by atoms with Crippen molar-refractivity contribution >= 4 is 17.6 Å². The van der Waals surface area contributed by atoms with Gasteiger partial charge in [-0.05, 0) is 6.42 Å². The third-order valence-electron chi connectivity index (χ3n) is 6.19. The summed E-state index contributed by atoms with van der Waals surface area (Å²) in [5.41, 5.74) is 0.0899. The SMILES string of the molecule is CCCCCCCCCCCCCCC(C[Si](OC)(OC)OC)[Si](OC)(OC)OC. The third kappa shape index (κ3) is 11.2. The van der Waals surface area contributed by atoms with Crippen molar-refractivity contribution in [3.05, 3.63) is 0 Å². The summed E-state index contributed by atoms with van der Waals surface area (Å²) in [5.74, 6) is 0. The minimum absolute atomic E-state index is 0.0899. The smallest absolute Gasteiger partial charge is 0.377 e. The zero-order chi connectivity index (χ0) is 22.7. The van der Waals surface area contributed by atoms with Gasteiger partial charge in [-0.25, -0.2) is 0 Å². The summed E-state index contributed by atoms with van der Waals surface area (Å²) in [6.07, 6.45) is 17.0. The van der Waals surface area contributed by atoms with E-state index in [4.69, 9.17) is 26.6 Å². The molecule has 182 valence electrons. The summed E-state index contributed by atoms with van der Waals surface area (Å²) in [4.78, 5) is 0. The highest BCUT2D eigenvalue weighted by molar-refractivity contribution is 6.67. The molecule has 0 rings (SSSR count). The summed E-state index contributed by atoms with van der Waals surface area (Å²) >= 11 is 0. The van der Waals surface area contributed by atoms with E-state index in [1.165, 1.54) is 70.6 Å². The number of rotatable bonds is 22. The van der Waals surface area contributed by atoms with Gasteiger partial charge >= 0.3 is 17.6 Å². The highest BCUT2D eigenvalue weighted by Crippen LogP contribution is 2.37. The van der Waals surface area contributed by atoms with Crippen LogP contribution in [0.15, 0.2) is 0 Å². The van der Waals surface area contributed by atoms with Crippen LogP contribution >= 0.6 is 0 Å². The molecule has 0 aromatic rings. The van der Waals surface area contributed by atoms with E-state index in [1.54, 1.807) is 42.7 Å². The van der Waals surface area contributed by atoms with Gasteiger partial charge in [0.25, 0.3) is 0 Å². The monoisotopic (exact) mass is 466 g/mol. The standard InChI is InChI=1S/C22H50O6Si2/c1-8-9-10-11-12-13-14-15-16-17-18-19-20-22(30(26-5,27-6)28-7)21-29(23-2,24-3)25-4/h22H,8-21H2,1-7H3. The highest BCUT2D eigenvalue weighted by Gasteiger charge is 2.53. The molecule has 1 atom stereocenters. The first kappa shape index (κ1) is 30.2. The van der Waals surface area contributed by atoms with Crippen molar-refractivity contribution < 1.29 is 26.6 Å². The fourth-order valence-corrected chi connectivity index (χ4v) is 9.80. The second-order valence-electron chi connectivity index (χ2n) is 8.09. The minimum Gasteiger partial charge on any atom is -0.377 e. The van der Waals surface area contributed by atoms with Crippen LogP contribution in [0.1, 0.15) is 90.4 Å². The molecule has 0 amide bonds. The van der Waals surface area contributed by atoms with E-state index < -0.39 is 17.6 Å². The Kier molecular flexibility index (Phi) is 18.9. The van der Waals surface area contributed by atoms with Gasteiger partial charge in [-0.1, -0.05) is 84.0 Å². The predicted octanol–water partition coefficient (Wildman–Crippen LogP) is 6.20. The highest BCUT2D eigenvalue weighted by atomic mass is 28.4. The van der Waals surface area contributed by atoms with Crippen LogP contribution in [0.5, 0.6) is 0 Å². The molecule has 0 aliphatic rings. The van der Waals surface area contributed by atoms with Crippen molar-refractivity contribution in [1.82, 2.24) is 0 Å². The Morgan fingerprint density at radius 3 is 1.20 bits per heavy atom. The van der Waals surface area contributed by atoms with Crippen molar-refractivity contribution in [2.45, 2.75) is 102 Å². The molecule has 0 radical (unpaired) electrons. The molecule has 0 N–H and O–H groups in total. The molecule has 0 saturated heterocycles. The first-order valence-corrected chi connectivity index (χ1v) is 15.6. The van der Waals surface area contributed by atoms with E-state index in [9.17, 15) is 0 Å². The Morgan fingerprint density at radius 1 is 0.500 bits per heavy atom. The van der Waals surface area contributed by atoms with E-state index in [-0.39, 0.29) is 5.54 Å². The van der Waals surface area contributed by atoms with E-state index in [0.717, 1.165) is 12.8 Å². The Hall–Kier alpha value is 0.194. The van der Waals surface area contributed by atoms with E-state index in [1.807, 2.05) is 0 Å². The molecule has 0 aromatic heterocycles. The second-order valence-corrected chi connectivity index (χ2v) is 14.3. The Balaban J connectivity index is 4.37. The molecule has 0 aromatic carbocycles. The van der Waals surface area contributed by atoms with Gasteiger partial charge in [0, 0.05) is 54.2 Å². The average Bonchev–Trinajstić information content (AvgIpc) is 2.79. The Labute approximate surface area is 189 Å². The van der Waals surface area contributed by atoms with Gasteiger partial charge in [-0.3, -0.25) is 0 Å².